The van der Waals surface area contributed by atoms with Gasteiger partial charge in [-0.3, -0.25) is 9.59 Å². The van der Waals surface area contributed by atoms with Crippen molar-refractivity contribution in [2.24, 2.45) is 57.2 Å². The molecule has 5 fully saturated rings. The maximum absolute atomic E-state index is 12.7. The fourth-order valence-corrected chi connectivity index (χ4v) is 11.0. The summed E-state index contributed by atoms with van der Waals surface area (Å²) in [6.07, 6.45) is 7.19. The molecular weight excluding hydrogens is 412 g/mol. The molecule has 0 aliphatic heterocycles. The Morgan fingerprint density at radius 2 is 1.70 bits per heavy atom. The molecule has 0 aromatic heterocycles. The summed E-state index contributed by atoms with van der Waals surface area (Å²) in [5, 5.41) is 22.4. The molecule has 0 heterocycles. The van der Waals surface area contributed by atoms with Crippen molar-refractivity contribution in [2.45, 2.75) is 98.5 Å². The molecule has 5 aliphatic carbocycles. The van der Waals surface area contributed by atoms with Gasteiger partial charge in [0.05, 0.1) is 11.5 Å². The van der Waals surface area contributed by atoms with Crippen molar-refractivity contribution < 1.29 is 19.8 Å². The lowest BCUT2D eigenvalue weighted by atomic mass is 9.32. The molecule has 0 aromatic rings. The van der Waals surface area contributed by atoms with Crippen LogP contribution in [0.1, 0.15) is 92.4 Å². The second-order valence-corrected chi connectivity index (χ2v) is 13.6. The van der Waals surface area contributed by atoms with Gasteiger partial charge in [-0.2, -0.15) is 0 Å². The number of carbonyl (C=O) groups is 2. The summed E-state index contributed by atoms with van der Waals surface area (Å²) in [5.74, 6) is 0.870. The molecule has 0 spiro atoms. The Balaban J connectivity index is 1.60. The quantitative estimate of drug-likeness (QED) is 0.509. The van der Waals surface area contributed by atoms with Gasteiger partial charge in [0.15, 0.2) is 0 Å². The first-order chi connectivity index (χ1) is 15.3. The highest BCUT2D eigenvalue weighted by Crippen LogP contribution is 2.76. The van der Waals surface area contributed by atoms with Crippen LogP contribution in [0.15, 0.2) is 12.2 Å². The Labute approximate surface area is 199 Å². The largest absolute Gasteiger partial charge is 0.481 e. The Hall–Kier alpha value is -1.16. The fourth-order valence-electron chi connectivity index (χ4n) is 11.0. The van der Waals surface area contributed by atoms with E-state index in [0.717, 1.165) is 50.5 Å². The Kier molecular flexibility index (Phi) is 5.13. The number of aliphatic hydroxyl groups is 1. The van der Waals surface area contributed by atoms with Crippen LogP contribution < -0.4 is 0 Å². The second kappa shape index (κ2) is 7.18. The summed E-state index contributed by atoms with van der Waals surface area (Å²) in [4.78, 5) is 25.3. The molecule has 33 heavy (non-hydrogen) atoms. The van der Waals surface area contributed by atoms with E-state index in [1.54, 1.807) is 0 Å². The Morgan fingerprint density at radius 3 is 2.33 bits per heavy atom. The summed E-state index contributed by atoms with van der Waals surface area (Å²) in [6, 6.07) is 0. The normalized spacial score (nSPS) is 55.7. The van der Waals surface area contributed by atoms with Crippen LogP contribution in [0.3, 0.4) is 0 Å². The van der Waals surface area contributed by atoms with Crippen molar-refractivity contribution >= 4 is 11.8 Å². The highest BCUT2D eigenvalue weighted by molar-refractivity contribution is 5.82. The standard InChI is InChI=1S/C29H44O4/c1-16(2)18-7-12-29(25(32)33)14-13-27(5)20(23(18)29)15-22(31)24-26(4)10-9-21(30)17(3)19(26)8-11-28(24,27)6/h17-20,22-24,31H,1,7-15H2,2-6H3,(H,32,33)/t17-,18-,19-,20+,22+,23+,24+,26-,27+,28+,29-/m0/s1. The third kappa shape index (κ3) is 2.74. The number of aliphatic hydroxyl groups excluding tert-OH is 1. The van der Waals surface area contributed by atoms with Crippen molar-refractivity contribution in [1.82, 2.24) is 0 Å². The number of carboxylic acid groups (broad SMARTS) is 1. The van der Waals surface area contributed by atoms with Crippen molar-refractivity contribution in [1.29, 1.82) is 0 Å². The minimum atomic E-state index is -0.663. The molecular formula is C29H44O4. The third-order valence-electron chi connectivity index (χ3n) is 12.8. The van der Waals surface area contributed by atoms with Crippen molar-refractivity contribution in [3.63, 3.8) is 0 Å². The molecule has 5 aliphatic rings. The maximum Gasteiger partial charge on any atom is 0.309 e. The van der Waals surface area contributed by atoms with E-state index in [0.29, 0.717) is 24.5 Å². The summed E-state index contributed by atoms with van der Waals surface area (Å²) in [6.45, 7) is 15.7. The first-order valence-corrected chi connectivity index (χ1v) is 13.4. The molecule has 11 atom stereocenters. The molecule has 4 nitrogen and oxygen atoms in total. The predicted molar refractivity (Wildman–Crippen MR) is 128 cm³/mol. The molecule has 0 unspecified atom stereocenters. The molecule has 5 rings (SSSR count). The SMILES string of the molecule is C=C(C)[C@@H]1CC[C@]2(C(=O)O)CC[C@]3(C)[C@H](C[C@@H](O)[C@@H]4[C@@]5(C)CCC(=O)[C@@H](C)[C@@H]5CC[C@]43C)[C@@H]12. The molecule has 0 aromatic carbocycles. The van der Waals surface area contributed by atoms with Gasteiger partial charge in [-0.1, -0.05) is 39.8 Å². The Bertz CT molecular complexity index is 894. The van der Waals surface area contributed by atoms with E-state index in [1.807, 2.05) is 0 Å². The fraction of sp³-hybridized carbons (Fsp3) is 0.862. The molecule has 0 saturated heterocycles. The van der Waals surface area contributed by atoms with Crippen LogP contribution in [0.5, 0.6) is 0 Å². The number of aliphatic carboxylic acids is 1. The minimum absolute atomic E-state index is 0.00275. The molecule has 0 radical (unpaired) electrons. The van der Waals surface area contributed by atoms with Gasteiger partial charge in [-0.25, -0.2) is 0 Å². The van der Waals surface area contributed by atoms with Gasteiger partial charge < -0.3 is 10.2 Å². The number of carbonyl (C=O) groups excluding carboxylic acids is 1. The Morgan fingerprint density at radius 1 is 1.00 bits per heavy atom. The van der Waals surface area contributed by atoms with E-state index < -0.39 is 17.5 Å². The highest BCUT2D eigenvalue weighted by Gasteiger charge is 2.73. The molecule has 4 heteroatoms. The van der Waals surface area contributed by atoms with Gasteiger partial charge in [0.2, 0.25) is 0 Å². The van der Waals surface area contributed by atoms with Gasteiger partial charge in [0.25, 0.3) is 0 Å². The number of allylic oxidation sites excluding steroid dienone is 1. The second-order valence-electron chi connectivity index (χ2n) is 13.6. The summed E-state index contributed by atoms with van der Waals surface area (Å²) in [5.41, 5.74) is 0.372. The van der Waals surface area contributed by atoms with Gasteiger partial charge in [0, 0.05) is 12.3 Å². The van der Waals surface area contributed by atoms with E-state index in [1.165, 1.54) is 0 Å². The smallest absolute Gasteiger partial charge is 0.309 e. The first kappa shape index (κ1) is 23.6. The van der Waals surface area contributed by atoms with E-state index in [-0.39, 0.29) is 45.8 Å². The minimum Gasteiger partial charge on any atom is -0.481 e. The number of carboxylic acids is 1. The van der Waals surface area contributed by atoms with Gasteiger partial charge in [0.1, 0.15) is 5.78 Å². The monoisotopic (exact) mass is 456 g/mol. The van der Waals surface area contributed by atoms with Crippen molar-refractivity contribution in [3.05, 3.63) is 12.2 Å². The molecule has 0 amide bonds. The topological polar surface area (TPSA) is 74.6 Å². The third-order valence-corrected chi connectivity index (χ3v) is 12.8. The highest BCUT2D eigenvalue weighted by atomic mass is 16.4. The zero-order valence-electron chi connectivity index (χ0n) is 21.3. The van der Waals surface area contributed by atoms with E-state index >= 15 is 0 Å². The van der Waals surface area contributed by atoms with Crippen LogP contribution in [-0.2, 0) is 9.59 Å². The van der Waals surface area contributed by atoms with Crippen LogP contribution >= 0.6 is 0 Å². The van der Waals surface area contributed by atoms with Gasteiger partial charge >= 0.3 is 5.97 Å². The van der Waals surface area contributed by atoms with Crippen LogP contribution in [0.4, 0.5) is 0 Å². The van der Waals surface area contributed by atoms with E-state index in [4.69, 9.17) is 0 Å². The van der Waals surface area contributed by atoms with Gasteiger partial charge in [-0.05, 0) is 104 Å². The summed E-state index contributed by atoms with van der Waals surface area (Å²) < 4.78 is 0. The summed E-state index contributed by atoms with van der Waals surface area (Å²) >= 11 is 0. The average Bonchev–Trinajstić information content (AvgIpc) is 3.14. The lowest BCUT2D eigenvalue weighted by Gasteiger charge is -2.72. The van der Waals surface area contributed by atoms with Crippen LogP contribution in [0.2, 0.25) is 0 Å². The zero-order chi connectivity index (χ0) is 24.1. The lowest BCUT2D eigenvalue weighted by molar-refractivity contribution is -0.260. The maximum atomic E-state index is 12.7. The van der Waals surface area contributed by atoms with Crippen molar-refractivity contribution in [3.8, 4) is 0 Å². The zero-order valence-corrected chi connectivity index (χ0v) is 21.3. The van der Waals surface area contributed by atoms with E-state index in [2.05, 4.69) is 41.2 Å². The molecule has 2 N–H and O–H groups in total. The summed E-state index contributed by atoms with van der Waals surface area (Å²) in [7, 11) is 0. The predicted octanol–water partition coefficient (Wildman–Crippen LogP) is 5.88. The average molecular weight is 457 g/mol. The van der Waals surface area contributed by atoms with Crippen molar-refractivity contribution in [2.75, 3.05) is 0 Å². The number of hydrogen-bond acceptors (Lipinski definition) is 3. The van der Waals surface area contributed by atoms with E-state index in [9.17, 15) is 19.8 Å². The first-order valence-electron chi connectivity index (χ1n) is 13.4. The van der Waals surface area contributed by atoms with Crippen LogP contribution in [-0.4, -0.2) is 28.1 Å². The number of hydrogen-bond donors (Lipinski definition) is 2. The lowest BCUT2D eigenvalue weighted by Crippen LogP contribution is -2.69. The molecule has 0 bridgehead atoms. The molecule has 5 saturated carbocycles. The number of Topliss-reactive ketones (excluding diaryl/α,β-unsaturated/α-hetero) is 1. The molecule has 184 valence electrons. The number of rotatable bonds is 2. The van der Waals surface area contributed by atoms with Crippen LogP contribution in [0.25, 0.3) is 0 Å². The number of ketones is 1. The van der Waals surface area contributed by atoms with Crippen LogP contribution in [0, 0.1) is 57.2 Å². The van der Waals surface area contributed by atoms with Gasteiger partial charge in [-0.15, -0.1) is 0 Å². The number of fused-ring (bicyclic) bond motifs is 7.